The van der Waals surface area contributed by atoms with Crippen LogP contribution in [0.5, 0.6) is 0 Å². The summed E-state index contributed by atoms with van der Waals surface area (Å²) < 4.78 is 13.9. The van der Waals surface area contributed by atoms with Gasteiger partial charge in [-0.2, -0.15) is 0 Å². The minimum absolute atomic E-state index is 0.0229. The summed E-state index contributed by atoms with van der Waals surface area (Å²) in [4.78, 5) is 2.11. The SMILES string of the molecule is Cc1cc(CCN)ccc1N(C)C(C)c1ccccc1F. The maximum absolute atomic E-state index is 13.9. The lowest BCUT2D eigenvalue weighted by Crippen LogP contribution is -2.23. The van der Waals surface area contributed by atoms with Crippen molar-refractivity contribution in [3.05, 3.63) is 65.0 Å². The summed E-state index contributed by atoms with van der Waals surface area (Å²) in [6.07, 6.45) is 0.883. The zero-order valence-electron chi connectivity index (χ0n) is 12.9. The molecule has 3 heteroatoms. The third-order valence-electron chi connectivity index (χ3n) is 4.01. The second kappa shape index (κ2) is 6.72. The van der Waals surface area contributed by atoms with E-state index in [1.165, 1.54) is 17.2 Å². The van der Waals surface area contributed by atoms with Crippen molar-refractivity contribution in [2.45, 2.75) is 26.3 Å². The van der Waals surface area contributed by atoms with Gasteiger partial charge in [0.15, 0.2) is 0 Å². The summed E-state index contributed by atoms with van der Waals surface area (Å²) in [5.74, 6) is -0.158. The van der Waals surface area contributed by atoms with E-state index in [9.17, 15) is 4.39 Å². The number of anilines is 1. The van der Waals surface area contributed by atoms with E-state index >= 15 is 0 Å². The van der Waals surface area contributed by atoms with E-state index in [4.69, 9.17) is 5.73 Å². The Balaban J connectivity index is 2.27. The van der Waals surface area contributed by atoms with E-state index < -0.39 is 0 Å². The summed E-state index contributed by atoms with van der Waals surface area (Å²) >= 11 is 0. The second-order valence-corrected chi connectivity index (χ2v) is 5.47. The van der Waals surface area contributed by atoms with Crippen molar-refractivity contribution in [2.24, 2.45) is 5.73 Å². The van der Waals surface area contributed by atoms with Crippen molar-refractivity contribution in [3.8, 4) is 0 Å². The Morgan fingerprint density at radius 1 is 1.19 bits per heavy atom. The molecule has 0 saturated carbocycles. The van der Waals surface area contributed by atoms with E-state index in [0.717, 1.165) is 12.1 Å². The zero-order chi connectivity index (χ0) is 15.4. The van der Waals surface area contributed by atoms with Gasteiger partial charge in [-0.05, 0) is 50.1 Å². The van der Waals surface area contributed by atoms with Crippen LogP contribution in [0.2, 0.25) is 0 Å². The molecule has 2 rings (SSSR count). The van der Waals surface area contributed by atoms with Gasteiger partial charge in [-0.15, -0.1) is 0 Å². The number of rotatable bonds is 5. The fourth-order valence-electron chi connectivity index (χ4n) is 2.67. The molecule has 0 aromatic heterocycles. The molecular weight excluding hydrogens is 263 g/mol. The average molecular weight is 286 g/mol. The molecule has 1 atom stereocenters. The monoisotopic (exact) mass is 286 g/mol. The highest BCUT2D eigenvalue weighted by Crippen LogP contribution is 2.29. The lowest BCUT2D eigenvalue weighted by molar-refractivity contribution is 0.585. The first-order valence-corrected chi connectivity index (χ1v) is 7.31. The van der Waals surface area contributed by atoms with Gasteiger partial charge in [-0.1, -0.05) is 30.3 Å². The molecule has 0 bridgehead atoms. The fraction of sp³-hybridized carbons (Fsp3) is 0.333. The molecule has 0 aliphatic carbocycles. The quantitative estimate of drug-likeness (QED) is 0.905. The van der Waals surface area contributed by atoms with Crippen LogP contribution in [0.25, 0.3) is 0 Å². The molecule has 0 amide bonds. The predicted octanol–water partition coefficient (Wildman–Crippen LogP) is 3.83. The van der Waals surface area contributed by atoms with Crippen molar-refractivity contribution in [1.82, 2.24) is 0 Å². The Morgan fingerprint density at radius 2 is 1.90 bits per heavy atom. The molecule has 0 aliphatic rings. The van der Waals surface area contributed by atoms with Crippen molar-refractivity contribution >= 4 is 5.69 Å². The van der Waals surface area contributed by atoms with Crippen LogP contribution in [0.4, 0.5) is 10.1 Å². The number of benzene rings is 2. The van der Waals surface area contributed by atoms with Crippen LogP contribution in [0.1, 0.15) is 29.7 Å². The molecular formula is C18H23FN2. The van der Waals surface area contributed by atoms with E-state index in [1.807, 2.05) is 26.1 Å². The highest BCUT2D eigenvalue weighted by molar-refractivity contribution is 5.55. The maximum atomic E-state index is 13.9. The number of nitrogens with zero attached hydrogens (tertiary/aromatic N) is 1. The first kappa shape index (κ1) is 15.5. The first-order valence-electron chi connectivity index (χ1n) is 7.31. The Morgan fingerprint density at radius 3 is 2.52 bits per heavy atom. The van der Waals surface area contributed by atoms with Gasteiger partial charge in [-0.3, -0.25) is 0 Å². The number of halogens is 1. The molecule has 2 N–H and O–H groups in total. The van der Waals surface area contributed by atoms with Crippen LogP contribution >= 0.6 is 0 Å². The Hall–Kier alpha value is -1.87. The molecule has 2 aromatic rings. The second-order valence-electron chi connectivity index (χ2n) is 5.47. The van der Waals surface area contributed by atoms with Gasteiger partial charge in [0.2, 0.25) is 0 Å². The smallest absolute Gasteiger partial charge is 0.128 e. The van der Waals surface area contributed by atoms with Gasteiger partial charge in [0, 0.05) is 18.3 Å². The van der Waals surface area contributed by atoms with Gasteiger partial charge >= 0.3 is 0 Å². The van der Waals surface area contributed by atoms with Crippen LogP contribution < -0.4 is 10.6 Å². The third kappa shape index (κ3) is 3.42. The number of hydrogen-bond donors (Lipinski definition) is 1. The van der Waals surface area contributed by atoms with Crippen molar-refractivity contribution < 1.29 is 4.39 Å². The van der Waals surface area contributed by atoms with Crippen LogP contribution in [0, 0.1) is 12.7 Å². The van der Waals surface area contributed by atoms with E-state index in [2.05, 4.69) is 30.0 Å². The van der Waals surface area contributed by atoms with Gasteiger partial charge in [-0.25, -0.2) is 4.39 Å². The van der Waals surface area contributed by atoms with Crippen LogP contribution in [0.15, 0.2) is 42.5 Å². The van der Waals surface area contributed by atoms with Crippen LogP contribution in [0.3, 0.4) is 0 Å². The topological polar surface area (TPSA) is 29.3 Å². The van der Waals surface area contributed by atoms with Gasteiger partial charge < -0.3 is 10.6 Å². The molecule has 0 saturated heterocycles. The van der Waals surface area contributed by atoms with Crippen molar-refractivity contribution in [2.75, 3.05) is 18.5 Å². The fourth-order valence-corrected chi connectivity index (χ4v) is 2.67. The number of aryl methyl sites for hydroxylation is 1. The molecule has 0 fully saturated rings. The highest BCUT2D eigenvalue weighted by atomic mass is 19.1. The minimum atomic E-state index is -0.158. The predicted molar refractivity (Wildman–Crippen MR) is 87.2 cm³/mol. The highest BCUT2D eigenvalue weighted by Gasteiger charge is 2.17. The van der Waals surface area contributed by atoms with Gasteiger partial charge in [0.25, 0.3) is 0 Å². The molecule has 2 nitrogen and oxygen atoms in total. The first-order chi connectivity index (χ1) is 10.0. The summed E-state index contributed by atoms with van der Waals surface area (Å²) in [6.45, 7) is 4.76. The third-order valence-corrected chi connectivity index (χ3v) is 4.01. The van der Waals surface area contributed by atoms with Crippen molar-refractivity contribution in [3.63, 3.8) is 0 Å². The lowest BCUT2D eigenvalue weighted by Gasteiger charge is -2.29. The number of hydrogen-bond acceptors (Lipinski definition) is 2. The summed E-state index contributed by atoms with van der Waals surface area (Å²) in [5, 5.41) is 0. The summed E-state index contributed by atoms with van der Waals surface area (Å²) in [5.41, 5.74) is 9.86. The Labute approximate surface area is 126 Å². The molecule has 0 aliphatic heterocycles. The van der Waals surface area contributed by atoms with E-state index in [-0.39, 0.29) is 11.9 Å². The Kier molecular flexibility index (Phi) is 4.97. The van der Waals surface area contributed by atoms with Crippen molar-refractivity contribution in [1.29, 1.82) is 0 Å². The summed E-state index contributed by atoms with van der Waals surface area (Å²) in [7, 11) is 2.00. The zero-order valence-corrected chi connectivity index (χ0v) is 12.9. The van der Waals surface area contributed by atoms with Crippen LogP contribution in [-0.4, -0.2) is 13.6 Å². The molecule has 2 aromatic carbocycles. The molecule has 1 unspecified atom stereocenters. The average Bonchev–Trinajstić information content (AvgIpc) is 2.47. The summed E-state index contributed by atoms with van der Waals surface area (Å²) in [6, 6.07) is 13.3. The standard InChI is InChI=1S/C18H23FN2/c1-13-12-15(10-11-20)8-9-18(13)21(3)14(2)16-6-4-5-7-17(16)19/h4-9,12,14H,10-11,20H2,1-3H3. The molecule has 21 heavy (non-hydrogen) atoms. The normalized spacial score (nSPS) is 12.2. The molecule has 0 spiro atoms. The molecule has 0 radical (unpaired) electrons. The van der Waals surface area contributed by atoms with Gasteiger partial charge in [0.1, 0.15) is 5.82 Å². The van der Waals surface area contributed by atoms with E-state index in [0.29, 0.717) is 12.1 Å². The minimum Gasteiger partial charge on any atom is -0.368 e. The maximum Gasteiger partial charge on any atom is 0.128 e. The number of nitrogens with two attached hydrogens (primary N) is 1. The molecule has 0 heterocycles. The lowest BCUT2D eigenvalue weighted by atomic mass is 10.0. The largest absolute Gasteiger partial charge is 0.368 e. The van der Waals surface area contributed by atoms with Crippen LogP contribution in [-0.2, 0) is 6.42 Å². The van der Waals surface area contributed by atoms with Gasteiger partial charge in [0.05, 0.1) is 6.04 Å². The Bertz CT molecular complexity index is 610. The molecule has 112 valence electrons. The van der Waals surface area contributed by atoms with E-state index in [1.54, 1.807) is 6.07 Å².